The van der Waals surface area contributed by atoms with Gasteiger partial charge in [-0.1, -0.05) is 27.7 Å². The van der Waals surface area contributed by atoms with Crippen LogP contribution in [-0.2, 0) is 4.43 Å². The van der Waals surface area contributed by atoms with Crippen LogP contribution < -0.4 is 5.32 Å². The van der Waals surface area contributed by atoms with Gasteiger partial charge < -0.3 is 4.43 Å². The lowest BCUT2D eigenvalue weighted by molar-refractivity contribution is -0.0547. The Bertz CT molecular complexity index is 107. The monoisotopic (exact) mass is 175 g/mol. The van der Waals surface area contributed by atoms with Crippen LogP contribution in [0.4, 0.5) is 0 Å². The minimum atomic E-state index is -0.126. The molecule has 0 bridgehead atoms. The summed E-state index contributed by atoms with van der Waals surface area (Å²) in [6.45, 7) is 8.75. The van der Waals surface area contributed by atoms with Gasteiger partial charge in [-0.25, -0.2) is 0 Å². The zero-order chi connectivity index (χ0) is 9.12. The summed E-state index contributed by atoms with van der Waals surface area (Å²) in [6.07, 6.45) is 1.01. The number of hydrogen-bond acceptors (Lipinski definition) is 2. The number of hydrogen-bond donors (Lipinski definition) is 1. The minimum Gasteiger partial charge on any atom is -0.410 e. The lowest BCUT2D eigenvalue weighted by Crippen LogP contribution is -2.54. The van der Waals surface area contributed by atoms with Gasteiger partial charge >= 0.3 is 0 Å². The van der Waals surface area contributed by atoms with Gasteiger partial charge in [0.2, 0.25) is 0 Å². The summed E-state index contributed by atoms with van der Waals surface area (Å²) in [4.78, 5) is 0. The lowest BCUT2D eigenvalue weighted by atomic mass is 9.81. The second-order valence-corrected chi connectivity index (χ2v) is 4.29. The van der Waals surface area contributed by atoms with E-state index in [9.17, 15) is 0 Å². The molecule has 0 aliphatic rings. The van der Waals surface area contributed by atoms with Crippen molar-refractivity contribution in [2.75, 3.05) is 7.05 Å². The maximum atomic E-state index is 5.63. The van der Waals surface area contributed by atoms with E-state index in [1.54, 1.807) is 0 Å². The summed E-state index contributed by atoms with van der Waals surface area (Å²) in [5, 5.41) is 3.27. The highest BCUT2D eigenvalue weighted by Crippen LogP contribution is 2.32. The first-order valence-corrected chi connectivity index (χ1v) is 4.99. The van der Waals surface area contributed by atoms with E-state index >= 15 is 0 Å². The molecule has 1 unspecified atom stereocenters. The lowest BCUT2D eigenvalue weighted by Gasteiger charge is -2.43. The topological polar surface area (TPSA) is 21.3 Å². The Morgan fingerprint density at radius 3 is 1.82 bits per heavy atom. The van der Waals surface area contributed by atoms with Crippen molar-refractivity contribution >= 4 is 10.5 Å². The van der Waals surface area contributed by atoms with Gasteiger partial charge in [-0.05, 0) is 13.5 Å². The van der Waals surface area contributed by atoms with Crippen LogP contribution in [0.2, 0.25) is 0 Å². The van der Waals surface area contributed by atoms with E-state index < -0.39 is 0 Å². The molecule has 1 N–H and O–H groups in total. The van der Waals surface area contributed by atoms with Crippen molar-refractivity contribution in [3.05, 3.63) is 0 Å². The Balaban J connectivity index is 4.54. The molecule has 3 heteroatoms. The molecule has 0 radical (unpaired) electrons. The Labute approximate surface area is 73.3 Å². The molecule has 0 heterocycles. The second kappa shape index (κ2) is 3.69. The van der Waals surface area contributed by atoms with Crippen LogP contribution in [0, 0.1) is 5.41 Å². The predicted molar refractivity (Wildman–Crippen MR) is 52.6 cm³/mol. The molecule has 0 rings (SSSR count). The van der Waals surface area contributed by atoms with Crippen LogP contribution in [0.25, 0.3) is 0 Å². The van der Waals surface area contributed by atoms with E-state index in [1.165, 1.54) is 0 Å². The normalized spacial score (nSPS) is 18.3. The van der Waals surface area contributed by atoms with Crippen molar-refractivity contribution in [2.24, 2.45) is 5.41 Å². The van der Waals surface area contributed by atoms with Crippen LogP contribution in [0.3, 0.4) is 0 Å². The zero-order valence-corrected chi connectivity index (χ0v) is 10.6. The fourth-order valence-electron chi connectivity index (χ4n) is 1.63. The van der Waals surface area contributed by atoms with Gasteiger partial charge in [-0.15, -0.1) is 0 Å². The van der Waals surface area contributed by atoms with Gasteiger partial charge in [-0.2, -0.15) is 0 Å². The van der Waals surface area contributed by atoms with E-state index in [0.29, 0.717) is 0 Å². The SMILES string of the molecule is CCC(NC)(O[SiH3])C(C)(C)C. The highest BCUT2D eigenvalue weighted by molar-refractivity contribution is 5.98. The van der Waals surface area contributed by atoms with E-state index in [0.717, 1.165) is 16.9 Å². The van der Waals surface area contributed by atoms with Gasteiger partial charge in [0.1, 0.15) is 16.2 Å². The van der Waals surface area contributed by atoms with Crippen LogP contribution in [0.1, 0.15) is 34.1 Å². The molecular formula is C8H21NOSi. The Hall–Kier alpha value is 0.137. The molecule has 0 aliphatic heterocycles. The third-order valence-corrected chi connectivity index (χ3v) is 3.16. The fourth-order valence-corrected chi connectivity index (χ4v) is 2.74. The summed E-state index contributed by atoms with van der Waals surface area (Å²) in [5.74, 6) is 0. The van der Waals surface area contributed by atoms with Crippen LogP contribution in [-0.4, -0.2) is 23.3 Å². The number of nitrogens with one attached hydrogen (secondary N) is 1. The predicted octanol–water partition coefficient (Wildman–Crippen LogP) is 0.655. The quantitative estimate of drug-likeness (QED) is 0.502. The van der Waals surface area contributed by atoms with Crippen molar-refractivity contribution in [2.45, 2.75) is 39.8 Å². The molecular weight excluding hydrogens is 154 g/mol. The van der Waals surface area contributed by atoms with E-state index in [-0.39, 0.29) is 11.1 Å². The zero-order valence-electron chi connectivity index (χ0n) is 8.62. The van der Waals surface area contributed by atoms with Gasteiger partial charge in [0.25, 0.3) is 0 Å². The molecule has 0 aromatic heterocycles. The third-order valence-electron chi connectivity index (χ3n) is 2.46. The average Bonchev–Trinajstić information content (AvgIpc) is 1.90. The minimum absolute atomic E-state index is 0.126. The molecule has 2 nitrogen and oxygen atoms in total. The highest BCUT2D eigenvalue weighted by Gasteiger charge is 2.38. The Morgan fingerprint density at radius 1 is 1.36 bits per heavy atom. The van der Waals surface area contributed by atoms with Gasteiger partial charge in [0.15, 0.2) is 0 Å². The maximum Gasteiger partial charge on any atom is 0.148 e. The third kappa shape index (κ3) is 2.04. The number of rotatable bonds is 3. The van der Waals surface area contributed by atoms with Crippen LogP contribution >= 0.6 is 0 Å². The van der Waals surface area contributed by atoms with Crippen molar-refractivity contribution in [3.8, 4) is 0 Å². The first kappa shape index (κ1) is 11.1. The van der Waals surface area contributed by atoms with E-state index in [1.807, 2.05) is 7.05 Å². The highest BCUT2D eigenvalue weighted by atomic mass is 28.2. The van der Waals surface area contributed by atoms with Crippen molar-refractivity contribution in [3.63, 3.8) is 0 Å². The van der Waals surface area contributed by atoms with Gasteiger partial charge in [-0.3, -0.25) is 5.32 Å². The first-order chi connectivity index (χ1) is 4.93. The van der Waals surface area contributed by atoms with E-state index in [2.05, 4.69) is 33.0 Å². The van der Waals surface area contributed by atoms with Crippen LogP contribution in [0.15, 0.2) is 0 Å². The molecule has 1 atom stereocenters. The largest absolute Gasteiger partial charge is 0.410 e. The molecule has 0 aliphatic carbocycles. The van der Waals surface area contributed by atoms with Crippen molar-refractivity contribution < 1.29 is 4.43 Å². The van der Waals surface area contributed by atoms with Gasteiger partial charge in [0.05, 0.1) is 0 Å². The summed E-state index contributed by atoms with van der Waals surface area (Å²) in [5.41, 5.74) is 0.0392. The molecule has 0 aromatic carbocycles. The summed E-state index contributed by atoms with van der Waals surface area (Å²) in [7, 11) is 2.75. The van der Waals surface area contributed by atoms with Crippen molar-refractivity contribution in [1.82, 2.24) is 5.32 Å². The summed E-state index contributed by atoms with van der Waals surface area (Å²) in [6, 6.07) is 0. The van der Waals surface area contributed by atoms with Crippen LogP contribution in [0.5, 0.6) is 0 Å². The first-order valence-electron chi connectivity index (χ1n) is 4.17. The van der Waals surface area contributed by atoms with E-state index in [4.69, 9.17) is 4.43 Å². The second-order valence-electron chi connectivity index (χ2n) is 3.88. The standard InChI is InChI=1S/C8H21NOSi/c1-6-8(9-5,10-11)7(2,3)4/h9H,6H2,1-5,11H3. The van der Waals surface area contributed by atoms with Crippen molar-refractivity contribution in [1.29, 1.82) is 0 Å². The summed E-state index contributed by atoms with van der Waals surface area (Å²) < 4.78 is 5.63. The molecule has 0 fully saturated rings. The molecule has 11 heavy (non-hydrogen) atoms. The molecule has 0 saturated heterocycles. The Morgan fingerprint density at radius 2 is 1.82 bits per heavy atom. The molecule has 68 valence electrons. The maximum absolute atomic E-state index is 5.63. The molecule has 0 saturated carbocycles. The molecule has 0 spiro atoms. The Kier molecular flexibility index (Phi) is 3.74. The average molecular weight is 175 g/mol. The molecule has 0 amide bonds. The van der Waals surface area contributed by atoms with Gasteiger partial charge in [0, 0.05) is 5.41 Å². The fraction of sp³-hybridized carbons (Fsp3) is 1.00. The smallest absolute Gasteiger partial charge is 0.148 e. The molecule has 0 aromatic rings. The summed E-state index contributed by atoms with van der Waals surface area (Å²) >= 11 is 0.